The summed E-state index contributed by atoms with van der Waals surface area (Å²) in [6.07, 6.45) is 0.997. The molecule has 0 bridgehead atoms. The number of carbonyl (C=O) groups excluding carboxylic acids is 1. The van der Waals surface area contributed by atoms with Gasteiger partial charge in [-0.2, -0.15) is 0 Å². The molecule has 1 heterocycles. The number of anilines is 1. The normalized spacial score (nSPS) is 10.3. The smallest absolute Gasteiger partial charge is 0.256 e. The van der Waals surface area contributed by atoms with Gasteiger partial charge in [0.15, 0.2) is 0 Å². The molecule has 2 rings (SSSR count). The molecule has 0 aliphatic rings. The summed E-state index contributed by atoms with van der Waals surface area (Å²) in [7, 11) is 0. The first-order valence-electron chi connectivity index (χ1n) is 5.39. The molecule has 1 N–H and O–H groups in total. The largest absolute Gasteiger partial charge is 0.322 e. The third-order valence-corrected chi connectivity index (χ3v) is 4.61. The fourth-order valence-electron chi connectivity index (χ4n) is 1.50. The van der Waals surface area contributed by atoms with Gasteiger partial charge in [0.05, 0.1) is 8.45 Å². The van der Waals surface area contributed by atoms with Crippen LogP contribution in [0, 0.1) is 2.88 Å². The van der Waals surface area contributed by atoms with Crippen LogP contribution in [0.1, 0.15) is 15.9 Å². The number of hydrogen-bond acceptors (Lipinski definition) is 2. The third-order valence-electron chi connectivity index (χ3n) is 2.42. The van der Waals surface area contributed by atoms with Crippen molar-refractivity contribution < 1.29 is 4.79 Å². The van der Waals surface area contributed by atoms with Crippen molar-refractivity contribution in [3.05, 3.63) is 49.7 Å². The van der Waals surface area contributed by atoms with Gasteiger partial charge in [-0.3, -0.25) is 4.79 Å². The maximum Gasteiger partial charge on any atom is 0.256 e. The van der Waals surface area contributed by atoms with Crippen LogP contribution in [0.25, 0.3) is 0 Å². The Morgan fingerprint density at radius 1 is 1.33 bits per heavy atom. The van der Waals surface area contributed by atoms with Gasteiger partial charge in [-0.25, -0.2) is 0 Å². The second kappa shape index (κ2) is 6.68. The molecule has 0 fully saturated rings. The Hall–Kier alpha value is -0.400. The lowest BCUT2D eigenvalue weighted by Crippen LogP contribution is -2.10. The van der Waals surface area contributed by atoms with Crippen molar-refractivity contribution in [3.63, 3.8) is 0 Å². The zero-order valence-electron chi connectivity index (χ0n) is 9.45. The van der Waals surface area contributed by atoms with Crippen LogP contribution in [0.15, 0.2) is 35.7 Å². The van der Waals surface area contributed by atoms with Crippen LogP contribution in [0.3, 0.4) is 0 Å². The maximum absolute atomic E-state index is 11.9. The van der Waals surface area contributed by atoms with Crippen molar-refractivity contribution in [2.24, 2.45) is 0 Å². The van der Waals surface area contributed by atoms with Crippen molar-refractivity contribution in [1.82, 2.24) is 0 Å². The first kappa shape index (κ1) is 14.0. The summed E-state index contributed by atoms with van der Waals surface area (Å²) in [5.41, 5.74) is 2.81. The van der Waals surface area contributed by atoms with E-state index >= 15 is 0 Å². The Bertz CT molecular complexity index is 538. The van der Waals surface area contributed by atoms with Gasteiger partial charge >= 0.3 is 0 Å². The van der Waals surface area contributed by atoms with Crippen LogP contribution in [-0.4, -0.2) is 11.2 Å². The minimum atomic E-state index is -0.0533. The highest BCUT2D eigenvalue weighted by Crippen LogP contribution is 2.18. The molecule has 0 saturated carbocycles. The van der Waals surface area contributed by atoms with Crippen LogP contribution in [0.2, 0.25) is 0 Å². The molecular formula is C13H11BrINOS. The molecule has 0 saturated heterocycles. The van der Waals surface area contributed by atoms with E-state index in [9.17, 15) is 4.79 Å². The lowest BCUT2D eigenvalue weighted by atomic mass is 10.1. The molecule has 1 aromatic carbocycles. The van der Waals surface area contributed by atoms with Gasteiger partial charge in [-0.1, -0.05) is 28.1 Å². The zero-order valence-corrected chi connectivity index (χ0v) is 14.0. The lowest BCUT2D eigenvalue weighted by Gasteiger charge is -2.04. The average molecular weight is 436 g/mol. The summed E-state index contributed by atoms with van der Waals surface area (Å²) in [4.78, 5) is 11.9. The molecule has 0 radical (unpaired) electrons. The van der Waals surface area contributed by atoms with E-state index in [4.69, 9.17) is 0 Å². The second-order valence-electron chi connectivity index (χ2n) is 3.73. The van der Waals surface area contributed by atoms with Crippen molar-refractivity contribution in [1.29, 1.82) is 0 Å². The van der Waals surface area contributed by atoms with E-state index in [0.29, 0.717) is 5.56 Å². The standard InChI is InChI=1S/C13H11BrINOS/c14-6-5-9-1-3-11(4-2-9)16-13(17)10-7-12(15)18-8-10/h1-4,7-8H,5-6H2,(H,16,17). The highest BCUT2D eigenvalue weighted by Gasteiger charge is 2.07. The van der Waals surface area contributed by atoms with Gasteiger partial charge in [0, 0.05) is 16.4 Å². The number of thiophene rings is 1. The Kier molecular flexibility index (Phi) is 5.20. The quantitative estimate of drug-likeness (QED) is 0.554. The number of carbonyl (C=O) groups is 1. The maximum atomic E-state index is 11.9. The van der Waals surface area contributed by atoms with Gasteiger partial charge in [-0.05, 0) is 52.8 Å². The number of rotatable bonds is 4. The monoisotopic (exact) mass is 435 g/mol. The number of benzene rings is 1. The average Bonchev–Trinajstić information content (AvgIpc) is 2.79. The summed E-state index contributed by atoms with van der Waals surface area (Å²) in [6.45, 7) is 0. The summed E-state index contributed by atoms with van der Waals surface area (Å²) in [5.74, 6) is -0.0533. The summed E-state index contributed by atoms with van der Waals surface area (Å²) >= 11 is 7.19. The molecule has 0 aliphatic carbocycles. The minimum Gasteiger partial charge on any atom is -0.322 e. The van der Waals surface area contributed by atoms with E-state index in [-0.39, 0.29) is 5.91 Å². The van der Waals surface area contributed by atoms with Gasteiger partial charge in [-0.15, -0.1) is 11.3 Å². The Labute approximate surface area is 132 Å². The number of alkyl halides is 1. The van der Waals surface area contributed by atoms with Crippen molar-refractivity contribution in [2.45, 2.75) is 6.42 Å². The SMILES string of the molecule is O=C(Nc1ccc(CCBr)cc1)c1csc(I)c1. The molecule has 0 unspecified atom stereocenters. The van der Waals surface area contributed by atoms with Crippen molar-refractivity contribution in [2.75, 3.05) is 10.6 Å². The van der Waals surface area contributed by atoms with Crippen LogP contribution in [0.5, 0.6) is 0 Å². The lowest BCUT2D eigenvalue weighted by molar-refractivity contribution is 0.102. The highest BCUT2D eigenvalue weighted by atomic mass is 127. The van der Waals surface area contributed by atoms with E-state index < -0.39 is 0 Å². The zero-order chi connectivity index (χ0) is 13.0. The Morgan fingerprint density at radius 2 is 2.06 bits per heavy atom. The molecular weight excluding hydrogens is 425 g/mol. The summed E-state index contributed by atoms with van der Waals surface area (Å²) in [6, 6.07) is 9.84. The van der Waals surface area contributed by atoms with E-state index in [0.717, 1.165) is 20.3 Å². The van der Waals surface area contributed by atoms with Crippen LogP contribution >= 0.6 is 49.9 Å². The summed E-state index contributed by atoms with van der Waals surface area (Å²) in [5, 5.41) is 5.72. The highest BCUT2D eigenvalue weighted by molar-refractivity contribution is 14.1. The van der Waals surface area contributed by atoms with E-state index in [1.807, 2.05) is 35.7 Å². The number of nitrogens with one attached hydrogen (secondary N) is 1. The molecule has 1 amide bonds. The molecule has 2 nitrogen and oxygen atoms in total. The van der Waals surface area contributed by atoms with Crippen molar-refractivity contribution in [3.8, 4) is 0 Å². The van der Waals surface area contributed by atoms with E-state index in [1.165, 1.54) is 5.56 Å². The molecule has 0 atom stereocenters. The van der Waals surface area contributed by atoms with Crippen molar-refractivity contribution >= 4 is 61.5 Å². The van der Waals surface area contributed by atoms with Crippen LogP contribution in [0.4, 0.5) is 5.69 Å². The number of hydrogen-bond donors (Lipinski definition) is 1. The number of aryl methyl sites for hydroxylation is 1. The minimum absolute atomic E-state index is 0.0533. The van der Waals surface area contributed by atoms with Crippen LogP contribution < -0.4 is 5.32 Å². The molecule has 1 aromatic heterocycles. The van der Waals surface area contributed by atoms with E-state index in [2.05, 4.69) is 43.8 Å². The Morgan fingerprint density at radius 3 is 2.61 bits per heavy atom. The van der Waals surface area contributed by atoms with Gasteiger partial charge < -0.3 is 5.32 Å². The van der Waals surface area contributed by atoms with E-state index in [1.54, 1.807) is 11.3 Å². The number of halogens is 2. The van der Waals surface area contributed by atoms with Crippen LogP contribution in [-0.2, 0) is 6.42 Å². The molecule has 94 valence electrons. The first-order valence-corrected chi connectivity index (χ1v) is 8.47. The molecule has 18 heavy (non-hydrogen) atoms. The topological polar surface area (TPSA) is 29.1 Å². The Balaban J connectivity index is 2.03. The van der Waals surface area contributed by atoms with Gasteiger partial charge in [0.2, 0.25) is 0 Å². The first-order chi connectivity index (χ1) is 8.69. The third kappa shape index (κ3) is 3.80. The fraction of sp³-hybridized carbons (Fsp3) is 0.154. The summed E-state index contributed by atoms with van der Waals surface area (Å²) < 4.78 is 1.12. The number of amides is 1. The molecule has 0 spiro atoms. The molecule has 2 aromatic rings. The second-order valence-corrected chi connectivity index (χ2v) is 7.33. The molecule has 0 aliphatic heterocycles. The fourth-order valence-corrected chi connectivity index (χ4v) is 3.28. The van der Waals surface area contributed by atoms with Gasteiger partial charge in [0.25, 0.3) is 5.91 Å². The predicted octanol–water partition coefficient (Wildman–Crippen LogP) is 4.54. The van der Waals surface area contributed by atoms with Gasteiger partial charge in [0.1, 0.15) is 0 Å². The molecule has 5 heteroatoms. The predicted molar refractivity (Wildman–Crippen MR) is 88.9 cm³/mol.